The number of carbonyl (C=O) groups excluding carboxylic acids is 2. The summed E-state index contributed by atoms with van der Waals surface area (Å²) in [6.07, 6.45) is 0. The Morgan fingerprint density at radius 3 is 2.68 bits per heavy atom. The molecule has 1 amide bonds. The normalized spacial score (nSPS) is 10.1. The molecule has 1 aromatic rings. The molecule has 0 heterocycles. The van der Waals surface area contributed by atoms with Crippen LogP contribution in [0.1, 0.15) is 25.3 Å². The summed E-state index contributed by atoms with van der Waals surface area (Å²) in [7, 11) is 1.27. The minimum atomic E-state index is -0.491. The molecule has 1 rings (SSSR count). The zero-order chi connectivity index (χ0) is 14.3. The highest BCUT2D eigenvalue weighted by Gasteiger charge is 2.07. The summed E-state index contributed by atoms with van der Waals surface area (Å²) < 4.78 is 9.77. The highest BCUT2D eigenvalue weighted by molar-refractivity contribution is 5.82. The quantitative estimate of drug-likeness (QED) is 0.791. The molecule has 104 valence electrons. The van der Waals surface area contributed by atoms with Crippen LogP contribution in [0.3, 0.4) is 0 Å². The van der Waals surface area contributed by atoms with Crippen LogP contribution in [0, 0.1) is 0 Å². The van der Waals surface area contributed by atoms with Crippen LogP contribution in [0.5, 0.6) is 5.75 Å². The Morgan fingerprint density at radius 2 is 2.05 bits per heavy atom. The highest BCUT2D eigenvalue weighted by Crippen LogP contribution is 2.19. The van der Waals surface area contributed by atoms with Gasteiger partial charge in [0.1, 0.15) is 12.3 Å². The SMILES string of the molecule is COC(=O)CNC(=O)COc1cccc(C(C)C)c1. The van der Waals surface area contributed by atoms with Gasteiger partial charge in [-0.15, -0.1) is 0 Å². The van der Waals surface area contributed by atoms with E-state index in [0.29, 0.717) is 11.7 Å². The van der Waals surface area contributed by atoms with E-state index in [9.17, 15) is 9.59 Å². The Labute approximate surface area is 112 Å². The van der Waals surface area contributed by atoms with Gasteiger partial charge in [-0.25, -0.2) is 0 Å². The van der Waals surface area contributed by atoms with E-state index >= 15 is 0 Å². The number of rotatable bonds is 6. The summed E-state index contributed by atoms with van der Waals surface area (Å²) in [4.78, 5) is 22.2. The number of nitrogens with one attached hydrogen (secondary N) is 1. The molecular formula is C14H19NO4. The molecule has 5 nitrogen and oxygen atoms in total. The van der Waals surface area contributed by atoms with Crippen molar-refractivity contribution in [1.82, 2.24) is 5.32 Å². The number of amides is 1. The summed E-state index contributed by atoms with van der Waals surface area (Å²) >= 11 is 0. The maximum absolute atomic E-state index is 11.4. The molecule has 0 unspecified atom stereocenters. The molecular weight excluding hydrogens is 246 g/mol. The van der Waals surface area contributed by atoms with E-state index in [2.05, 4.69) is 23.9 Å². The molecule has 0 saturated carbocycles. The van der Waals surface area contributed by atoms with E-state index in [-0.39, 0.29) is 19.1 Å². The average molecular weight is 265 g/mol. The first-order valence-corrected chi connectivity index (χ1v) is 6.09. The van der Waals surface area contributed by atoms with Crippen LogP contribution < -0.4 is 10.1 Å². The molecule has 0 fully saturated rings. The molecule has 0 spiro atoms. The maximum Gasteiger partial charge on any atom is 0.325 e. The summed E-state index contributed by atoms with van der Waals surface area (Å²) in [5, 5.41) is 2.40. The molecule has 1 aromatic carbocycles. The smallest absolute Gasteiger partial charge is 0.325 e. The van der Waals surface area contributed by atoms with Gasteiger partial charge in [0.15, 0.2) is 6.61 Å². The van der Waals surface area contributed by atoms with Gasteiger partial charge in [-0.2, -0.15) is 0 Å². The summed E-state index contributed by atoms with van der Waals surface area (Å²) in [6.45, 7) is 3.90. The van der Waals surface area contributed by atoms with Crippen molar-refractivity contribution in [2.45, 2.75) is 19.8 Å². The molecule has 0 saturated heterocycles. The van der Waals surface area contributed by atoms with Crippen LogP contribution in [0.4, 0.5) is 0 Å². The van der Waals surface area contributed by atoms with Crippen molar-refractivity contribution in [2.75, 3.05) is 20.3 Å². The summed E-state index contributed by atoms with van der Waals surface area (Å²) in [6, 6.07) is 7.59. The lowest BCUT2D eigenvalue weighted by Gasteiger charge is -2.10. The Hall–Kier alpha value is -2.04. The predicted octanol–water partition coefficient (Wildman–Crippen LogP) is 1.48. The highest BCUT2D eigenvalue weighted by atomic mass is 16.5. The number of hydrogen-bond acceptors (Lipinski definition) is 4. The monoisotopic (exact) mass is 265 g/mol. The molecule has 0 radical (unpaired) electrons. The van der Waals surface area contributed by atoms with Gasteiger partial charge in [0.25, 0.3) is 5.91 Å². The molecule has 0 aromatic heterocycles. The van der Waals surface area contributed by atoms with Gasteiger partial charge in [-0.05, 0) is 23.6 Å². The minimum Gasteiger partial charge on any atom is -0.484 e. The van der Waals surface area contributed by atoms with Gasteiger partial charge in [0, 0.05) is 0 Å². The molecule has 0 bridgehead atoms. The first-order chi connectivity index (χ1) is 9.02. The zero-order valence-electron chi connectivity index (χ0n) is 11.4. The second kappa shape index (κ2) is 7.41. The lowest BCUT2D eigenvalue weighted by molar-refractivity contribution is -0.141. The average Bonchev–Trinajstić information content (AvgIpc) is 2.42. The van der Waals surface area contributed by atoms with Crippen molar-refractivity contribution in [1.29, 1.82) is 0 Å². The van der Waals surface area contributed by atoms with Gasteiger partial charge >= 0.3 is 5.97 Å². The topological polar surface area (TPSA) is 64.6 Å². The van der Waals surface area contributed by atoms with Crippen LogP contribution in [0.25, 0.3) is 0 Å². The number of benzene rings is 1. The Morgan fingerprint density at radius 1 is 1.32 bits per heavy atom. The second-order valence-electron chi connectivity index (χ2n) is 4.37. The number of esters is 1. The molecule has 0 aliphatic carbocycles. The third kappa shape index (κ3) is 5.42. The minimum absolute atomic E-state index is 0.126. The standard InChI is InChI=1S/C14H19NO4/c1-10(2)11-5-4-6-12(7-11)19-9-13(16)15-8-14(17)18-3/h4-7,10H,8-9H2,1-3H3,(H,15,16). The largest absolute Gasteiger partial charge is 0.484 e. The number of ether oxygens (including phenoxy) is 2. The van der Waals surface area contributed by atoms with Crippen LogP contribution in [-0.2, 0) is 14.3 Å². The van der Waals surface area contributed by atoms with Crippen molar-refractivity contribution in [2.24, 2.45) is 0 Å². The van der Waals surface area contributed by atoms with E-state index in [4.69, 9.17) is 4.74 Å². The van der Waals surface area contributed by atoms with Crippen molar-refractivity contribution in [3.05, 3.63) is 29.8 Å². The molecule has 0 aliphatic rings. The van der Waals surface area contributed by atoms with E-state index in [1.807, 2.05) is 18.2 Å². The molecule has 0 atom stereocenters. The fourth-order valence-electron chi connectivity index (χ4n) is 1.41. The fraction of sp³-hybridized carbons (Fsp3) is 0.429. The van der Waals surface area contributed by atoms with E-state index in [0.717, 1.165) is 5.56 Å². The van der Waals surface area contributed by atoms with Gasteiger partial charge in [0.05, 0.1) is 7.11 Å². The molecule has 5 heteroatoms. The van der Waals surface area contributed by atoms with E-state index in [1.54, 1.807) is 6.07 Å². The first-order valence-electron chi connectivity index (χ1n) is 6.09. The zero-order valence-corrected chi connectivity index (χ0v) is 11.4. The third-order valence-corrected chi connectivity index (χ3v) is 2.55. The fourth-order valence-corrected chi connectivity index (χ4v) is 1.41. The van der Waals surface area contributed by atoms with Gasteiger partial charge < -0.3 is 14.8 Å². The van der Waals surface area contributed by atoms with Crippen LogP contribution in [0.2, 0.25) is 0 Å². The van der Waals surface area contributed by atoms with E-state index < -0.39 is 5.97 Å². The Kier molecular flexibility index (Phi) is 5.85. The van der Waals surface area contributed by atoms with Crippen LogP contribution in [0.15, 0.2) is 24.3 Å². The Balaban J connectivity index is 2.41. The van der Waals surface area contributed by atoms with E-state index in [1.165, 1.54) is 7.11 Å². The molecule has 1 N–H and O–H groups in total. The first kappa shape index (κ1) is 15.0. The van der Waals surface area contributed by atoms with Crippen molar-refractivity contribution in [3.8, 4) is 5.75 Å². The van der Waals surface area contributed by atoms with Gasteiger partial charge in [-0.3, -0.25) is 9.59 Å². The van der Waals surface area contributed by atoms with Crippen LogP contribution in [-0.4, -0.2) is 32.1 Å². The number of methoxy groups -OCH3 is 1. The van der Waals surface area contributed by atoms with Gasteiger partial charge in [-0.1, -0.05) is 26.0 Å². The van der Waals surface area contributed by atoms with Crippen LogP contribution >= 0.6 is 0 Å². The molecule has 0 aliphatic heterocycles. The number of carbonyl (C=O) groups is 2. The van der Waals surface area contributed by atoms with Crippen molar-refractivity contribution < 1.29 is 19.1 Å². The predicted molar refractivity (Wildman–Crippen MR) is 71.1 cm³/mol. The van der Waals surface area contributed by atoms with Crippen molar-refractivity contribution in [3.63, 3.8) is 0 Å². The Bertz CT molecular complexity index is 443. The van der Waals surface area contributed by atoms with Gasteiger partial charge in [0.2, 0.25) is 0 Å². The maximum atomic E-state index is 11.4. The third-order valence-electron chi connectivity index (χ3n) is 2.55. The number of hydrogen-bond donors (Lipinski definition) is 1. The second-order valence-corrected chi connectivity index (χ2v) is 4.37. The lowest BCUT2D eigenvalue weighted by atomic mass is 10.0. The summed E-state index contributed by atoms with van der Waals surface area (Å²) in [5.41, 5.74) is 1.15. The van der Waals surface area contributed by atoms with Crippen molar-refractivity contribution >= 4 is 11.9 Å². The summed E-state index contributed by atoms with van der Waals surface area (Å²) in [5.74, 6) is 0.187. The lowest BCUT2D eigenvalue weighted by Crippen LogP contribution is -2.33. The molecule has 19 heavy (non-hydrogen) atoms.